The number of oxime groups is 1. The zero-order valence-electron chi connectivity index (χ0n) is 8.35. The maximum Gasteiger partial charge on any atom is 0.128 e. The number of nitrogens with zero attached hydrogens (tertiary/aromatic N) is 1. The lowest BCUT2D eigenvalue weighted by Crippen LogP contribution is -1.97. The minimum atomic E-state index is 0.477. The molecule has 0 amide bonds. The molecule has 15 heavy (non-hydrogen) atoms. The Bertz CT molecular complexity index is 375. The first-order valence-electron chi connectivity index (χ1n) is 4.49. The van der Waals surface area contributed by atoms with Crippen molar-refractivity contribution in [2.45, 2.75) is 6.92 Å². The van der Waals surface area contributed by atoms with Crippen molar-refractivity contribution >= 4 is 17.8 Å². The summed E-state index contributed by atoms with van der Waals surface area (Å²) >= 11 is 5.80. The highest BCUT2D eigenvalue weighted by molar-refractivity contribution is 6.30. The van der Waals surface area contributed by atoms with Gasteiger partial charge in [0.2, 0.25) is 0 Å². The summed E-state index contributed by atoms with van der Waals surface area (Å²) in [5.41, 5.74) is 0.648. The average Bonchev–Trinajstić information content (AvgIpc) is 2.22. The molecule has 0 heterocycles. The second-order valence-electron chi connectivity index (χ2n) is 2.81. The molecule has 1 aromatic carbocycles. The highest BCUT2D eigenvalue weighted by atomic mass is 35.5. The van der Waals surface area contributed by atoms with Crippen LogP contribution >= 0.6 is 11.6 Å². The van der Waals surface area contributed by atoms with Gasteiger partial charge in [-0.3, -0.25) is 0 Å². The average molecular weight is 226 g/mol. The van der Waals surface area contributed by atoms with Crippen LogP contribution in [0.3, 0.4) is 0 Å². The van der Waals surface area contributed by atoms with Crippen LogP contribution < -0.4 is 4.74 Å². The van der Waals surface area contributed by atoms with Crippen molar-refractivity contribution in [2.75, 3.05) is 6.61 Å². The molecule has 0 fully saturated rings. The molecule has 0 aromatic heterocycles. The van der Waals surface area contributed by atoms with Gasteiger partial charge in [0.1, 0.15) is 12.4 Å². The molecule has 0 aliphatic heterocycles. The topological polar surface area (TPSA) is 41.8 Å². The highest BCUT2D eigenvalue weighted by Crippen LogP contribution is 2.21. The molecule has 1 aromatic rings. The Morgan fingerprint density at radius 3 is 3.00 bits per heavy atom. The van der Waals surface area contributed by atoms with E-state index in [-0.39, 0.29) is 0 Å². The molecule has 4 heteroatoms. The van der Waals surface area contributed by atoms with Crippen LogP contribution in [0.25, 0.3) is 0 Å². The third-order valence-corrected chi connectivity index (χ3v) is 1.97. The zero-order valence-corrected chi connectivity index (χ0v) is 9.11. The van der Waals surface area contributed by atoms with Crippen molar-refractivity contribution < 1.29 is 9.94 Å². The summed E-state index contributed by atoms with van der Waals surface area (Å²) in [5, 5.41) is 12.0. The Labute approximate surface area is 93.6 Å². The van der Waals surface area contributed by atoms with Crippen LogP contribution in [0.2, 0.25) is 5.02 Å². The number of hydrogen-bond acceptors (Lipinski definition) is 3. The summed E-state index contributed by atoms with van der Waals surface area (Å²) in [4.78, 5) is 0. The summed E-state index contributed by atoms with van der Waals surface area (Å²) in [7, 11) is 0. The van der Waals surface area contributed by atoms with Crippen molar-refractivity contribution in [1.82, 2.24) is 0 Å². The predicted octanol–water partition coefficient (Wildman–Crippen LogP) is 3.10. The van der Waals surface area contributed by atoms with E-state index in [0.29, 0.717) is 22.9 Å². The van der Waals surface area contributed by atoms with Crippen LogP contribution in [-0.4, -0.2) is 18.0 Å². The van der Waals surface area contributed by atoms with E-state index in [9.17, 15) is 0 Å². The molecule has 0 unspecified atom stereocenters. The molecule has 80 valence electrons. The Morgan fingerprint density at radius 2 is 2.33 bits per heavy atom. The maximum absolute atomic E-state index is 8.46. The highest BCUT2D eigenvalue weighted by Gasteiger charge is 2.01. The zero-order chi connectivity index (χ0) is 11.1. The molecule has 0 aliphatic carbocycles. The van der Waals surface area contributed by atoms with Crippen LogP contribution in [0.1, 0.15) is 12.5 Å². The number of ether oxygens (including phenoxy) is 1. The first-order valence-corrected chi connectivity index (χ1v) is 4.86. The van der Waals surface area contributed by atoms with Crippen molar-refractivity contribution in [3.8, 4) is 5.75 Å². The van der Waals surface area contributed by atoms with Gasteiger partial charge in [-0.15, -0.1) is 0 Å². The van der Waals surface area contributed by atoms with Crippen molar-refractivity contribution in [2.24, 2.45) is 5.16 Å². The fourth-order valence-electron chi connectivity index (χ4n) is 1.05. The first kappa shape index (κ1) is 11.6. The first-order chi connectivity index (χ1) is 7.27. The van der Waals surface area contributed by atoms with Gasteiger partial charge in [-0.2, -0.15) is 0 Å². The summed E-state index contributed by atoms with van der Waals surface area (Å²) in [6, 6.07) is 5.14. The van der Waals surface area contributed by atoms with E-state index >= 15 is 0 Å². The Hall–Kier alpha value is -1.48. The van der Waals surface area contributed by atoms with Crippen LogP contribution in [0, 0.1) is 0 Å². The quantitative estimate of drug-likeness (QED) is 0.370. The van der Waals surface area contributed by atoms with E-state index in [0.717, 1.165) is 0 Å². The number of rotatable bonds is 4. The summed E-state index contributed by atoms with van der Waals surface area (Å²) in [6.45, 7) is 2.39. The van der Waals surface area contributed by atoms with Crippen molar-refractivity contribution in [1.29, 1.82) is 0 Å². The van der Waals surface area contributed by atoms with Gasteiger partial charge in [0, 0.05) is 10.6 Å². The minimum Gasteiger partial charge on any atom is -0.489 e. The number of benzene rings is 1. The second kappa shape index (κ2) is 6.09. The van der Waals surface area contributed by atoms with Crippen LogP contribution in [0.15, 0.2) is 35.5 Å². The van der Waals surface area contributed by atoms with Gasteiger partial charge in [0.25, 0.3) is 0 Å². The molecule has 0 saturated heterocycles. The Kier molecular flexibility index (Phi) is 4.71. The van der Waals surface area contributed by atoms with Crippen molar-refractivity contribution in [3.05, 3.63) is 40.9 Å². The van der Waals surface area contributed by atoms with E-state index in [2.05, 4.69) is 5.16 Å². The SMILES string of the molecule is C/C=C/COc1ccc(Cl)cc1/C=N/O. The lowest BCUT2D eigenvalue weighted by atomic mass is 10.2. The summed E-state index contributed by atoms with van der Waals surface area (Å²) < 4.78 is 5.44. The van der Waals surface area contributed by atoms with E-state index in [1.165, 1.54) is 6.21 Å². The van der Waals surface area contributed by atoms with Gasteiger partial charge in [0.15, 0.2) is 0 Å². The van der Waals surface area contributed by atoms with Gasteiger partial charge in [0.05, 0.1) is 6.21 Å². The van der Waals surface area contributed by atoms with Gasteiger partial charge in [-0.05, 0) is 25.1 Å². The molecule has 0 radical (unpaired) electrons. The number of hydrogen-bond donors (Lipinski definition) is 1. The molecule has 0 atom stereocenters. The molecule has 0 bridgehead atoms. The molecule has 1 N–H and O–H groups in total. The smallest absolute Gasteiger partial charge is 0.128 e. The normalized spacial score (nSPS) is 11.3. The second-order valence-corrected chi connectivity index (χ2v) is 3.24. The lowest BCUT2D eigenvalue weighted by molar-refractivity contribution is 0.321. The van der Waals surface area contributed by atoms with Gasteiger partial charge in [-0.25, -0.2) is 0 Å². The molecule has 1 rings (SSSR count). The fraction of sp³-hybridized carbons (Fsp3) is 0.182. The van der Waals surface area contributed by atoms with E-state index in [1.807, 2.05) is 19.1 Å². The number of allylic oxidation sites excluding steroid dienone is 1. The maximum atomic E-state index is 8.46. The fourth-order valence-corrected chi connectivity index (χ4v) is 1.23. The lowest BCUT2D eigenvalue weighted by Gasteiger charge is -2.06. The number of halogens is 1. The Balaban J connectivity index is 2.85. The van der Waals surface area contributed by atoms with Crippen LogP contribution in [0.4, 0.5) is 0 Å². The predicted molar refractivity (Wildman–Crippen MR) is 61.1 cm³/mol. The third-order valence-electron chi connectivity index (χ3n) is 1.74. The minimum absolute atomic E-state index is 0.477. The van der Waals surface area contributed by atoms with Gasteiger partial charge < -0.3 is 9.94 Å². The Morgan fingerprint density at radius 1 is 1.53 bits per heavy atom. The van der Waals surface area contributed by atoms with Crippen LogP contribution in [-0.2, 0) is 0 Å². The van der Waals surface area contributed by atoms with Crippen molar-refractivity contribution in [3.63, 3.8) is 0 Å². The summed E-state index contributed by atoms with van der Waals surface area (Å²) in [6.07, 6.45) is 5.07. The molecule has 0 spiro atoms. The molecule has 0 saturated carbocycles. The molecule has 3 nitrogen and oxygen atoms in total. The molecular formula is C11H12ClNO2. The van der Waals surface area contributed by atoms with Gasteiger partial charge in [-0.1, -0.05) is 28.9 Å². The third kappa shape index (κ3) is 3.64. The molecule has 0 aliphatic rings. The standard InChI is InChI=1S/C11H12ClNO2/c1-2-3-6-15-11-5-4-10(12)7-9(11)8-13-14/h2-5,7-8,14H,6H2,1H3/b3-2+,13-8+. The van der Waals surface area contributed by atoms with E-state index < -0.39 is 0 Å². The van der Waals surface area contributed by atoms with E-state index in [4.69, 9.17) is 21.5 Å². The van der Waals surface area contributed by atoms with Gasteiger partial charge >= 0.3 is 0 Å². The monoisotopic (exact) mass is 225 g/mol. The van der Waals surface area contributed by atoms with E-state index in [1.54, 1.807) is 18.2 Å². The molecular weight excluding hydrogens is 214 g/mol. The summed E-state index contributed by atoms with van der Waals surface area (Å²) in [5.74, 6) is 0.635. The largest absolute Gasteiger partial charge is 0.489 e. The van der Waals surface area contributed by atoms with Crippen LogP contribution in [0.5, 0.6) is 5.75 Å².